The topological polar surface area (TPSA) is 67.2 Å². The second-order valence-corrected chi connectivity index (χ2v) is 6.05. The van der Waals surface area contributed by atoms with E-state index in [1.807, 2.05) is 0 Å². The van der Waals surface area contributed by atoms with Gasteiger partial charge >= 0.3 is 0 Å². The summed E-state index contributed by atoms with van der Waals surface area (Å²) in [6.07, 6.45) is 4.55. The summed E-state index contributed by atoms with van der Waals surface area (Å²) in [6, 6.07) is 2.48. The van der Waals surface area contributed by atoms with Crippen molar-refractivity contribution in [1.82, 2.24) is 14.9 Å². The maximum Gasteiger partial charge on any atom is 0.293 e. The highest BCUT2D eigenvalue weighted by Gasteiger charge is 2.25. The van der Waals surface area contributed by atoms with Gasteiger partial charge in [0, 0.05) is 38.6 Å². The van der Waals surface area contributed by atoms with Gasteiger partial charge in [-0.15, -0.1) is 0 Å². The predicted octanol–water partition coefficient (Wildman–Crippen LogP) is 1.46. The second kappa shape index (κ2) is 7.00. The minimum absolute atomic E-state index is 0.217. The van der Waals surface area contributed by atoms with E-state index in [9.17, 15) is 18.4 Å². The fourth-order valence-electron chi connectivity index (χ4n) is 2.92. The fourth-order valence-corrected chi connectivity index (χ4v) is 2.92. The second-order valence-electron chi connectivity index (χ2n) is 6.05. The standard InChI is InChI=1S/C17H18F2N4O2/c1-22-8-6-20-15(17(22)25)23-7-2-3-12(10-23)21-16(24)13-9-11(18)4-5-14(13)19/h4-6,8-9,12H,2-3,7,10H2,1H3,(H,21,24)/t12-/m0/s1. The van der Waals surface area contributed by atoms with Crippen molar-refractivity contribution in [2.24, 2.45) is 7.05 Å². The van der Waals surface area contributed by atoms with E-state index in [2.05, 4.69) is 10.3 Å². The number of anilines is 1. The normalized spacial score (nSPS) is 17.4. The van der Waals surface area contributed by atoms with Crippen molar-refractivity contribution in [3.05, 3.63) is 58.1 Å². The lowest BCUT2D eigenvalue weighted by atomic mass is 10.0. The summed E-state index contributed by atoms with van der Waals surface area (Å²) in [6.45, 7) is 1.03. The van der Waals surface area contributed by atoms with Crippen LogP contribution in [0.25, 0.3) is 0 Å². The highest BCUT2D eigenvalue weighted by Crippen LogP contribution is 2.16. The number of amides is 1. The van der Waals surface area contributed by atoms with Gasteiger partial charge in [-0.05, 0) is 31.0 Å². The maximum atomic E-state index is 13.7. The monoisotopic (exact) mass is 348 g/mol. The van der Waals surface area contributed by atoms with Crippen LogP contribution in [-0.2, 0) is 7.05 Å². The van der Waals surface area contributed by atoms with Crippen molar-refractivity contribution in [3.63, 3.8) is 0 Å². The number of carbonyl (C=O) groups is 1. The van der Waals surface area contributed by atoms with Crippen molar-refractivity contribution < 1.29 is 13.6 Å². The molecule has 6 nitrogen and oxygen atoms in total. The maximum absolute atomic E-state index is 13.7. The zero-order valence-corrected chi connectivity index (χ0v) is 13.7. The SMILES string of the molecule is Cn1ccnc(N2CCC[C@H](NC(=O)c3cc(F)ccc3F)C2)c1=O. The summed E-state index contributed by atoms with van der Waals surface area (Å²) in [7, 11) is 1.64. The van der Waals surface area contributed by atoms with E-state index in [1.54, 1.807) is 24.3 Å². The third-order valence-corrected chi connectivity index (χ3v) is 4.23. The van der Waals surface area contributed by atoms with Crippen LogP contribution < -0.4 is 15.8 Å². The quantitative estimate of drug-likeness (QED) is 0.912. The van der Waals surface area contributed by atoms with Crippen LogP contribution in [0.5, 0.6) is 0 Å². The number of piperidine rings is 1. The molecule has 3 rings (SSSR count). The van der Waals surface area contributed by atoms with E-state index in [0.717, 1.165) is 24.6 Å². The lowest BCUT2D eigenvalue weighted by Crippen LogP contribution is -2.49. The summed E-state index contributed by atoms with van der Waals surface area (Å²) in [5.41, 5.74) is -0.545. The molecule has 0 spiro atoms. The summed E-state index contributed by atoms with van der Waals surface area (Å²) in [4.78, 5) is 30.3. The minimum atomic E-state index is -0.773. The molecule has 2 heterocycles. The Hall–Kier alpha value is -2.77. The average molecular weight is 348 g/mol. The van der Waals surface area contributed by atoms with Crippen LogP contribution >= 0.6 is 0 Å². The van der Waals surface area contributed by atoms with E-state index in [-0.39, 0.29) is 17.2 Å². The zero-order valence-electron chi connectivity index (χ0n) is 13.7. The van der Waals surface area contributed by atoms with Crippen molar-refractivity contribution in [3.8, 4) is 0 Å². The van der Waals surface area contributed by atoms with Gasteiger partial charge in [0.05, 0.1) is 5.56 Å². The number of nitrogens with zero attached hydrogens (tertiary/aromatic N) is 3. The molecule has 1 aliphatic rings. The van der Waals surface area contributed by atoms with Crippen molar-refractivity contribution in [2.75, 3.05) is 18.0 Å². The van der Waals surface area contributed by atoms with E-state index < -0.39 is 17.5 Å². The van der Waals surface area contributed by atoms with Gasteiger partial charge in [-0.25, -0.2) is 13.8 Å². The molecule has 0 aliphatic carbocycles. The first-order valence-corrected chi connectivity index (χ1v) is 7.98. The number of aryl methyl sites for hydroxylation is 1. The first kappa shape index (κ1) is 17.1. The Morgan fingerprint density at radius 2 is 2.16 bits per heavy atom. The molecule has 2 aromatic rings. The molecule has 1 aromatic heterocycles. The van der Waals surface area contributed by atoms with Crippen LogP contribution in [0.4, 0.5) is 14.6 Å². The third kappa shape index (κ3) is 3.67. The highest BCUT2D eigenvalue weighted by molar-refractivity contribution is 5.94. The molecular weight excluding hydrogens is 330 g/mol. The van der Waals surface area contributed by atoms with E-state index in [1.165, 1.54) is 4.57 Å². The number of nitrogens with one attached hydrogen (secondary N) is 1. The van der Waals surface area contributed by atoms with Gasteiger partial charge in [0.25, 0.3) is 11.5 Å². The fraction of sp³-hybridized carbons (Fsp3) is 0.353. The molecule has 0 unspecified atom stereocenters. The molecule has 8 heteroatoms. The van der Waals surface area contributed by atoms with E-state index in [4.69, 9.17) is 0 Å². The Morgan fingerprint density at radius 1 is 1.36 bits per heavy atom. The number of hydrogen-bond donors (Lipinski definition) is 1. The summed E-state index contributed by atoms with van der Waals surface area (Å²) < 4.78 is 28.4. The molecule has 0 bridgehead atoms. The molecule has 1 amide bonds. The van der Waals surface area contributed by atoms with Gasteiger partial charge in [0.2, 0.25) is 0 Å². The first-order valence-electron chi connectivity index (χ1n) is 7.98. The lowest BCUT2D eigenvalue weighted by Gasteiger charge is -2.33. The molecule has 1 aromatic carbocycles. The highest BCUT2D eigenvalue weighted by atomic mass is 19.1. The first-order chi connectivity index (χ1) is 12.0. The zero-order chi connectivity index (χ0) is 18.0. The third-order valence-electron chi connectivity index (χ3n) is 4.23. The Labute approximate surface area is 143 Å². The number of benzene rings is 1. The van der Waals surface area contributed by atoms with Crippen molar-refractivity contribution in [1.29, 1.82) is 0 Å². The van der Waals surface area contributed by atoms with Gasteiger partial charge in [0.1, 0.15) is 11.6 Å². The van der Waals surface area contributed by atoms with Crippen LogP contribution in [0.3, 0.4) is 0 Å². The van der Waals surface area contributed by atoms with Crippen LogP contribution in [0.2, 0.25) is 0 Å². The molecule has 0 saturated carbocycles. The van der Waals surface area contributed by atoms with E-state index >= 15 is 0 Å². The molecule has 1 N–H and O–H groups in total. The molecule has 1 atom stereocenters. The van der Waals surface area contributed by atoms with Crippen LogP contribution in [0, 0.1) is 11.6 Å². The number of aromatic nitrogens is 2. The summed E-state index contributed by atoms with van der Waals surface area (Å²) >= 11 is 0. The van der Waals surface area contributed by atoms with Gasteiger partial charge in [0.15, 0.2) is 5.82 Å². The van der Waals surface area contributed by atoms with Gasteiger partial charge in [-0.3, -0.25) is 9.59 Å². The molecule has 132 valence electrons. The molecular formula is C17H18F2N4O2. The minimum Gasteiger partial charge on any atom is -0.350 e. The summed E-state index contributed by atoms with van der Waals surface area (Å²) in [5, 5.41) is 2.71. The Kier molecular flexibility index (Phi) is 4.78. The molecule has 1 aliphatic heterocycles. The molecule has 1 fully saturated rings. The van der Waals surface area contributed by atoms with Crippen molar-refractivity contribution in [2.45, 2.75) is 18.9 Å². The molecule has 25 heavy (non-hydrogen) atoms. The number of hydrogen-bond acceptors (Lipinski definition) is 4. The smallest absolute Gasteiger partial charge is 0.293 e. The van der Waals surface area contributed by atoms with E-state index in [0.29, 0.717) is 25.3 Å². The van der Waals surface area contributed by atoms with Crippen LogP contribution in [0.1, 0.15) is 23.2 Å². The van der Waals surface area contributed by atoms with Crippen LogP contribution in [-0.4, -0.2) is 34.6 Å². The Morgan fingerprint density at radius 3 is 2.96 bits per heavy atom. The Balaban J connectivity index is 1.73. The largest absolute Gasteiger partial charge is 0.350 e. The van der Waals surface area contributed by atoms with Crippen LogP contribution in [0.15, 0.2) is 35.4 Å². The number of carbonyl (C=O) groups excluding carboxylic acids is 1. The number of halogens is 2. The molecule has 1 saturated heterocycles. The predicted molar refractivity (Wildman–Crippen MR) is 88.5 cm³/mol. The molecule has 0 radical (unpaired) electrons. The number of rotatable bonds is 3. The van der Waals surface area contributed by atoms with Gasteiger partial charge in [-0.2, -0.15) is 0 Å². The van der Waals surface area contributed by atoms with Gasteiger partial charge < -0.3 is 14.8 Å². The average Bonchev–Trinajstić information content (AvgIpc) is 2.59. The Bertz CT molecular complexity index is 853. The van der Waals surface area contributed by atoms with Crippen molar-refractivity contribution >= 4 is 11.7 Å². The van der Waals surface area contributed by atoms with Gasteiger partial charge in [-0.1, -0.05) is 0 Å². The lowest BCUT2D eigenvalue weighted by molar-refractivity contribution is 0.0928. The summed E-state index contributed by atoms with van der Waals surface area (Å²) in [5.74, 6) is -1.79.